The van der Waals surface area contributed by atoms with Gasteiger partial charge in [-0.2, -0.15) is 11.8 Å². The van der Waals surface area contributed by atoms with Gasteiger partial charge in [0, 0.05) is 45.0 Å². The van der Waals surface area contributed by atoms with E-state index >= 15 is 0 Å². The van der Waals surface area contributed by atoms with E-state index in [4.69, 9.17) is 14.5 Å². The fourth-order valence-electron chi connectivity index (χ4n) is 4.01. The Kier molecular flexibility index (Phi) is 11.8. The molecule has 1 unspecified atom stereocenters. The van der Waals surface area contributed by atoms with Crippen LogP contribution in [0.2, 0.25) is 0 Å². The van der Waals surface area contributed by atoms with E-state index in [1.54, 1.807) is 0 Å². The maximum Gasteiger partial charge on any atom is 0.191 e. The number of guanidine groups is 1. The van der Waals surface area contributed by atoms with Crippen LogP contribution in [-0.2, 0) is 9.47 Å². The van der Waals surface area contributed by atoms with Gasteiger partial charge in [0.25, 0.3) is 0 Å². The standard InChI is InChI=1S/C19H37N5O2S.HI/c1-2-20-18(21-5-3-6-23-7-11-25-12-8-23)22-16-19(4-15-27-17-19)24-9-13-26-14-10-24;/h2-17H2,1H3,(H2,20,21,22);1H. The fraction of sp³-hybridized carbons (Fsp3) is 0.947. The molecule has 0 aromatic heterocycles. The molecule has 164 valence electrons. The number of nitrogens with zero attached hydrogens (tertiary/aromatic N) is 3. The summed E-state index contributed by atoms with van der Waals surface area (Å²) < 4.78 is 11.0. The van der Waals surface area contributed by atoms with Crippen LogP contribution in [0.5, 0.6) is 0 Å². The van der Waals surface area contributed by atoms with Gasteiger partial charge in [-0.15, -0.1) is 24.0 Å². The van der Waals surface area contributed by atoms with E-state index in [0.29, 0.717) is 0 Å². The van der Waals surface area contributed by atoms with Gasteiger partial charge in [0.1, 0.15) is 0 Å². The highest BCUT2D eigenvalue weighted by Gasteiger charge is 2.40. The molecule has 0 amide bonds. The predicted octanol–water partition coefficient (Wildman–Crippen LogP) is 1.09. The highest BCUT2D eigenvalue weighted by Crippen LogP contribution is 2.34. The van der Waals surface area contributed by atoms with Gasteiger partial charge in [0.15, 0.2) is 5.96 Å². The van der Waals surface area contributed by atoms with Gasteiger partial charge in [-0.1, -0.05) is 0 Å². The number of hydrogen-bond donors (Lipinski definition) is 2. The third kappa shape index (κ3) is 7.46. The lowest BCUT2D eigenvalue weighted by molar-refractivity contribution is -0.0104. The zero-order chi connectivity index (χ0) is 18.8. The van der Waals surface area contributed by atoms with E-state index in [0.717, 1.165) is 91.2 Å². The van der Waals surface area contributed by atoms with E-state index < -0.39 is 0 Å². The third-order valence-corrected chi connectivity index (χ3v) is 6.92. The Hall–Kier alpha value is 0.190. The molecule has 28 heavy (non-hydrogen) atoms. The van der Waals surface area contributed by atoms with Gasteiger partial charge in [0.05, 0.1) is 38.5 Å². The number of thioether (sulfide) groups is 1. The SMILES string of the molecule is CCNC(=NCC1(N2CCOCC2)CCSC1)NCCCN1CCOCC1.I. The van der Waals surface area contributed by atoms with Gasteiger partial charge in [-0.05, 0) is 32.1 Å². The van der Waals surface area contributed by atoms with Gasteiger partial charge in [-0.3, -0.25) is 14.8 Å². The minimum absolute atomic E-state index is 0. The molecule has 3 heterocycles. The summed E-state index contributed by atoms with van der Waals surface area (Å²) in [4.78, 5) is 10.1. The molecule has 0 aromatic carbocycles. The highest BCUT2D eigenvalue weighted by molar-refractivity contribution is 14.0. The van der Waals surface area contributed by atoms with Crippen molar-refractivity contribution in [2.45, 2.75) is 25.3 Å². The average molecular weight is 528 g/mol. The molecule has 0 spiro atoms. The lowest BCUT2D eigenvalue weighted by Gasteiger charge is -2.42. The van der Waals surface area contributed by atoms with E-state index in [9.17, 15) is 0 Å². The van der Waals surface area contributed by atoms with Crippen LogP contribution in [0, 0.1) is 0 Å². The molecule has 1 atom stereocenters. The van der Waals surface area contributed by atoms with Gasteiger partial charge in [-0.25, -0.2) is 0 Å². The Balaban J connectivity index is 0.00000280. The fourth-order valence-corrected chi connectivity index (χ4v) is 5.48. The van der Waals surface area contributed by atoms with Crippen LogP contribution < -0.4 is 10.6 Å². The average Bonchev–Trinajstić information content (AvgIpc) is 3.21. The Morgan fingerprint density at radius 2 is 1.79 bits per heavy atom. The molecular weight excluding hydrogens is 489 g/mol. The summed E-state index contributed by atoms with van der Waals surface area (Å²) in [6, 6.07) is 0. The van der Waals surface area contributed by atoms with Crippen LogP contribution in [0.4, 0.5) is 0 Å². The number of rotatable bonds is 8. The Morgan fingerprint density at radius 1 is 1.07 bits per heavy atom. The second-order valence-electron chi connectivity index (χ2n) is 7.56. The molecule has 0 bridgehead atoms. The summed E-state index contributed by atoms with van der Waals surface area (Å²) in [5.41, 5.74) is 0.213. The molecule has 3 fully saturated rings. The van der Waals surface area contributed by atoms with E-state index in [1.165, 1.54) is 17.9 Å². The van der Waals surface area contributed by atoms with Crippen LogP contribution in [0.3, 0.4) is 0 Å². The van der Waals surface area contributed by atoms with Gasteiger partial charge >= 0.3 is 0 Å². The summed E-state index contributed by atoms with van der Waals surface area (Å²) in [7, 11) is 0. The molecule has 0 saturated carbocycles. The van der Waals surface area contributed by atoms with Crippen molar-refractivity contribution in [2.75, 3.05) is 90.3 Å². The molecular formula is C19H38IN5O2S. The first-order chi connectivity index (χ1) is 13.3. The first-order valence-corrected chi connectivity index (χ1v) is 11.7. The van der Waals surface area contributed by atoms with E-state index in [-0.39, 0.29) is 29.5 Å². The molecule has 3 aliphatic rings. The van der Waals surface area contributed by atoms with Gasteiger partial charge in [0.2, 0.25) is 0 Å². The largest absolute Gasteiger partial charge is 0.379 e. The Morgan fingerprint density at radius 3 is 2.43 bits per heavy atom. The van der Waals surface area contributed by atoms with Crippen molar-refractivity contribution >= 4 is 41.7 Å². The zero-order valence-corrected chi connectivity index (χ0v) is 20.4. The summed E-state index contributed by atoms with van der Waals surface area (Å²) in [5.74, 6) is 3.40. The normalized spacial score (nSPS) is 27.4. The molecule has 3 aliphatic heterocycles. The van der Waals surface area contributed by atoms with Crippen LogP contribution >= 0.6 is 35.7 Å². The molecule has 3 saturated heterocycles. The second-order valence-corrected chi connectivity index (χ2v) is 8.66. The minimum Gasteiger partial charge on any atom is -0.379 e. The van der Waals surface area contributed by atoms with Crippen molar-refractivity contribution in [1.82, 2.24) is 20.4 Å². The molecule has 0 radical (unpaired) electrons. The Bertz CT molecular complexity index is 454. The minimum atomic E-state index is 0. The lowest BCUT2D eigenvalue weighted by atomic mass is 9.96. The first kappa shape index (κ1) is 24.5. The number of aliphatic imine (C=N–C) groups is 1. The predicted molar refractivity (Wildman–Crippen MR) is 128 cm³/mol. The molecule has 9 heteroatoms. The van der Waals surface area contributed by atoms with Crippen LogP contribution in [-0.4, -0.2) is 112 Å². The lowest BCUT2D eigenvalue weighted by Crippen LogP contribution is -2.56. The maximum absolute atomic E-state index is 5.56. The van der Waals surface area contributed by atoms with E-state index in [1.807, 2.05) is 0 Å². The quantitative estimate of drug-likeness (QED) is 0.212. The summed E-state index contributed by atoms with van der Waals surface area (Å²) >= 11 is 2.07. The number of morpholine rings is 2. The maximum atomic E-state index is 5.56. The summed E-state index contributed by atoms with van der Waals surface area (Å²) in [6.07, 6.45) is 2.37. The molecule has 0 aliphatic carbocycles. The van der Waals surface area contributed by atoms with Crippen LogP contribution in [0.15, 0.2) is 4.99 Å². The smallest absolute Gasteiger partial charge is 0.191 e. The van der Waals surface area contributed by atoms with Crippen LogP contribution in [0.1, 0.15) is 19.8 Å². The topological polar surface area (TPSA) is 61.4 Å². The molecule has 3 rings (SSSR count). The number of nitrogens with one attached hydrogen (secondary N) is 2. The molecule has 7 nitrogen and oxygen atoms in total. The number of halogens is 1. The summed E-state index contributed by atoms with van der Waals surface area (Å²) in [6.45, 7) is 13.7. The molecule has 0 aromatic rings. The van der Waals surface area contributed by atoms with Crippen molar-refractivity contribution in [1.29, 1.82) is 0 Å². The second kappa shape index (κ2) is 13.5. The number of ether oxygens (including phenoxy) is 2. The third-order valence-electron chi connectivity index (χ3n) is 5.69. The van der Waals surface area contributed by atoms with Crippen molar-refractivity contribution in [3.63, 3.8) is 0 Å². The van der Waals surface area contributed by atoms with Crippen molar-refractivity contribution in [3.05, 3.63) is 0 Å². The summed E-state index contributed by atoms with van der Waals surface area (Å²) in [5, 5.41) is 6.96. The zero-order valence-electron chi connectivity index (χ0n) is 17.3. The van der Waals surface area contributed by atoms with E-state index in [2.05, 4.69) is 39.1 Å². The van der Waals surface area contributed by atoms with Crippen molar-refractivity contribution < 1.29 is 9.47 Å². The monoisotopic (exact) mass is 527 g/mol. The van der Waals surface area contributed by atoms with Crippen molar-refractivity contribution in [2.24, 2.45) is 4.99 Å². The Labute approximate surface area is 191 Å². The van der Waals surface area contributed by atoms with Gasteiger partial charge < -0.3 is 20.1 Å². The first-order valence-electron chi connectivity index (χ1n) is 10.6. The number of hydrogen-bond acceptors (Lipinski definition) is 6. The molecule has 2 N–H and O–H groups in total. The highest BCUT2D eigenvalue weighted by atomic mass is 127. The van der Waals surface area contributed by atoms with Crippen molar-refractivity contribution in [3.8, 4) is 0 Å². The van der Waals surface area contributed by atoms with Crippen LogP contribution in [0.25, 0.3) is 0 Å².